The molecule has 1 aliphatic rings. The second-order valence-electron chi connectivity index (χ2n) is 13.0. The minimum atomic E-state index is -1.77. The molecule has 290 valence electrons. The van der Waals surface area contributed by atoms with Gasteiger partial charge in [-0.15, -0.1) is 0 Å². The largest absolute Gasteiger partial charge is 0.480 e. The number of carboxylic acid groups (broad SMARTS) is 1. The molecule has 1 heterocycles. The highest BCUT2D eigenvalue weighted by atomic mass is 16.4. The van der Waals surface area contributed by atoms with E-state index in [-0.39, 0.29) is 19.4 Å². The fourth-order valence-electron chi connectivity index (χ4n) is 5.34. The maximum absolute atomic E-state index is 13.8. The van der Waals surface area contributed by atoms with Crippen LogP contribution in [0.4, 0.5) is 0 Å². The highest BCUT2D eigenvalue weighted by Gasteiger charge is 2.42. The van der Waals surface area contributed by atoms with Gasteiger partial charge in [0.05, 0.1) is 24.4 Å². The Labute approximate surface area is 300 Å². The topological polar surface area (TPSA) is 310 Å². The van der Waals surface area contributed by atoms with Crippen LogP contribution in [0, 0.1) is 0 Å². The molecule has 2 rings (SSSR count). The monoisotopic (exact) mass is 737 g/mol. The third-order valence-corrected chi connectivity index (χ3v) is 8.48. The number of benzene rings is 1. The molecule has 1 aliphatic heterocycles. The van der Waals surface area contributed by atoms with Crippen LogP contribution < -0.4 is 32.3 Å². The predicted molar refractivity (Wildman–Crippen MR) is 183 cm³/mol. The molecule has 1 fully saturated rings. The van der Waals surface area contributed by atoms with Crippen molar-refractivity contribution in [2.45, 2.75) is 121 Å². The summed E-state index contributed by atoms with van der Waals surface area (Å²) >= 11 is 0. The molecule has 0 aliphatic carbocycles. The van der Waals surface area contributed by atoms with Gasteiger partial charge in [-0.2, -0.15) is 0 Å². The van der Waals surface area contributed by atoms with Crippen molar-refractivity contribution in [2.24, 2.45) is 5.73 Å². The van der Waals surface area contributed by atoms with Crippen LogP contribution in [-0.2, 0) is 40.0 Å². The Hall–Kier alpha value is -4.69. The van der Waals surface area contributed by atoms with Gasteiger partial charge in [-0.05, 0) is 53.0 Å². The lowest BCUT2D eigenvalue weighted by Crippen LogP contribution is -2.64. The first kappa shape index (κ1) is 43.5. The Bertz CT molecular complexity index is 1420. The number of carbonyl (C=O) groups is 7. The first-order valence-corrected chi connectivity index (χ1v) is 16.8. The van der Waals surface area contributed by atoms with Gasteiger partial charge < -0.3 is 62.8 Å². The number of nitrogens with one attached hydrogen (secondary N) is 5. The van der Waals surface area contributed by atoms with Crippen molar-refractivity contribution in [3.8, 4) is 0 Å². The van der Waals surface area contributed by atoms with E-state index in [1.54, 1.807) is 30.3 Å². The summed E-state index contributed by atoms with van der Waals surface area (Å²) in [5.41, 5.74) is 6.25. The summed E-state index contributed by atoms with van der Waals surface area (Å²) in [7, 11) is 0. The van der Waals surface area contributed by atoms with E-state index in [1.165, 1.54) is 20.8 Å². The standard InChI is InChI=1S/C33H51N7O12/c1-15(33(51)52)35-27(45)21(14-20-10-7-6-8-11-20)36-28(46)22-12-9-13-40(22)32(50)26(19(5)44)39-31(49)25(18(4)43)38-30(48)24(17(3)42)37-29(47)23(34)16(2)41/h6-8,10-11,15-19,21-26,41-44H,9,12-14,34H2,1-5H3,(H,35,45)(H,36,46)(H,37,47)(H,38,48)(H,39,49)(H,51,52)/t15-,16+,17+,18+,19+,21-,22-,23-,24-,25-,26-/m0/s1. The molecule has 0 saturated carbocycles. The summed E-state index contributed by atoms with van der Waals surface area (Å²) in [5.74, 6) is -6.93. The van der Waals surface area contributed by atoms with E-state index in [1.807, 2.05) is 0 Å². The number of carbonyl (C=O) groups excluding carboxylic acids is 6. The summed E-state index contributed by atoms with van der Waals surface area (Å²) in [6.07, 6.45) is -5.47. The molecular weight excluding hydrogens is 686 g/mol. The Morgan fingerprint density at radius 2 is 1.21 bits per heavy atom. The van der Waals surface area contributed by atoms with Gasteiger partial charge in [-0.1, -0.05) is 30.3 Å². The van der Waals surface area contributed by atoms with Gasteiger partial charge >= 0.3 is 5.97 Å². The van der Waals surface area contributed by atoms with Crippen molar-refractivity contribution in [1.29, 1.82) is 0 Å². The van der Waals surface area contributed by atoms with Crippen LogP contribution >= 0.6 is 0 Å². The van der Waals surface area contributed by atoms with Crippen molar-refractivity contribution in [3.63, 3.8) is 0 Å². The molecule has 1 aromatic carbocycles. The number of aliphatic carboxylic acids is 1. The number of amides is 6. The van der Waals surface area contributed by atoms with Crippen molar-refractivity contribution >= 4 is 41.4 Å². The minimum absolute atomic E-state index is 0.00279. The quantitative estimate of drug-likeness (QED) is 0.0679. The third-order valence-electron chi connectivity index (χ3n) is 8.48. The highest BCUT2D eigenvalue weighted by Crippen LogP contribution is 2.20. The van der Waals surface area contributed by atoms with E-state index < -0.39 is 108 Å². The molecule has 0 aromatic heterocycles. The van der Waals surface area contributed by atoms with Crippen LogP contribution in [0.2, 0.25) is 0 Å². The SMILES string of the molecule is C[C@H](NC(=O)[C@H](Cc1ccccc1)NC(=O)[C@@H]1CCCN1C(=O)[C@@H](NC(=O)[C@@H](NC(=O)[C@@H](NC(=O)[C@@H](N)[C@@H](C)O)[C@@H](C)O)[C@@H](C)O)[C@@H](C)O)C(=O)O. The Morgan fingerprint density at radius 1 is 0.712 bits per heavy atom. The van der Waals surface area contributed by atoms with Crippen LogP contribution in [0.1, 0.15) is 53.0 Å². The number of aliphatic hydroxyl groups is 4. The van der Waals surface area contributed by atoms with Crippen molar-refractivity contribution < 1.29 is 59.1 Å². The first-order valence-electron chi connectivity index (χ1n) is 16.8. The fraction of sp³-hybridized carbons (Fsp3) is 0.606. The van der Waals surface area contributed by atoms with Crippen LogP contribution in [-0.4, -0.2) is 145 Å². The van der Waals surface area contributed by atoms with Crippen molar-refractivity contribution in [3.05, 3.63) is 35.9 Å². The lowest BCUT2D eigenvalue weighted by atomic mass is 10.0. The number of likely N-dealkylation sites (tertiary alicyclic amines) is 1. The lowest BCUT2D eigenvalue weighted by Gasteiger charge is -2.32. The summed E-state index contributed by atoms with van der Waals surface area (Å²) in [6, 6.07) is -1.60. The normalized spacial score (nSPS) is 20.0. The minimum Gasteiger partial charge on any atom is -0.480 e. The molecule has 6 amide bonds. The Balaban J connectivity index is 2.24. The number of nitrogens with two attached hydrogens (primary N) is 1. The van der Waals surface area contributed by atoms with E-state index in [4.69, 9.17) is 5.73 Å². The van der Waals surface area contributed by atoms with Crippen LogP contribution in [0.15, 0.2) is 30.3 Å². The zero-order valence-corrected chi connectivity index (χ0v) is 29.7. The molecule has 0 unspecified atom stereocenters. The number of carboxylic acids is 1. The van der Waals surface area contributed by atoms with Gasteiger partial charge in [0.25, 0.3) is 0 Å². The molecule has 19 heteroatoms. The molecule has 11 atom stereocenters. The average Bonchev–Trinajstić information content (AvgIpc) is 3.57. The maximum Gasteiger partial charge on any atom is 0.325 e. The molecule has 19 nitrogen and oxygen atoms in total. The zero-order chi connectivity index (χ0) is 39.4. The van der Waals surface area contributed by atoms with Gasteiger partial charge in [-0.25, -0.2) is 0 Å². The van der Waals surface area contributed by atoms with E-state index in [0.717, 1.165) is 18.7 Å². The number of nitrogens with zero attached hydrogens (tertiary/aromatic N) is 1. The summed E-state index contributed by atoms with van der Waals surface area (Å²) in [5, 5.41) is 61.5. The Morgan fingerprint density at radius 3 is 1.69 bits per heavy atom. The van der Waals surface area contributed by atoms with Gasteiger partial charge in [-0.3, -0.25) is 33.6 Å². The zero-order valence-electron chi connectivity index (χ0n) is 29.7. The van der Waals surface area contributed by atoms with Crippen LogP contribution in [0.25, 0.3) is 0 Å². The maximum atomic E-state index is 13.8. The molecule has 0 radical (unpaired) electrons. The van der Waals surface area contributed by atoms with Crippen LogP contribution in [0.3, 0.4) is 0 Å². The van der Waals surface area contributed by atoms with Gasteiger partial charge in [0, 0.05) is 13.0 Å². The number of aliphatic hydroxyl groups excluding tert-OH is 4. The summed E-state index contributed by atoms with van der Waals surface area (Å²) in [6.45, 7) is 6.02. The molecule has 0 spiro atoms. The molecule has 0 bridgehead atoms. The molecule has 1 saturated heterocycles. The lowest BCUT2D eigenvalue weighted by molar-refractivity contribution is -0.145. The second kappa shape index (κ2) is 19.8. The summed E-state index contributed by atoms with van der Waals surface area (Å²) < 4.78 is 0. The smallest absolute Gasteiger partial charge is 0.325 e. The highest BCUT2D eigenvalue weighted by molar-refractivity contribution is 5.97. The number of rotatable bonds is 18. The van der Waals surface area contributed by atoms with Crippen molar-refractivity contribution in [1.82, 2.24) is 31.5 Å². The van der Waals surface area contributed by atoms with Gasteiger partial charge in [0.2, 0.25) is 35.4 Å². The van der Waals surface area contributed by atoms with E-state index in [0.29, 0.717) is 12.0 Å². The second-order valence-corrected chi connectivity index (χ2v) is 13.0. The number of hydrogen-bond donors (Lipinski definition) is 11. The van der Waals surface area contributed by atoms with E-state index >= 15 is 0 Å². The van der Waals surface area contributed by atoms with Gasteiger partial charge in [0.15, 0.2) is 0 Å². The average molecular weight is 738 g/mol. The number of hydrogen-bond acceptors (Lipinski definition) is 12. The van der Waals surface area contributed by atoms with E-state index in [9.17, 15) is 59.1 Å². The molecule has 1 aromatic rings. The van der Waals surface area contributed by atoms with Crippen LogP contribution in [0.5, 0.6) is 0 Å². The molecule has 12 N–H and O–H groups in total. The predicted octanol–water partition coefficient (Wildman–Crippen LogP) is -4.40. The third kappa shape index (κ3) is 12.2. The summed E-state index contributed by atoms with van der Waals surface area (Å²) in [4.78, 5) is 91.7. The molecular formula is C33H51N7O12. The van der Waals surface area contributed by atoms with Crippen molar-refractivity contribution in [2.75, 3.05) is 6.54 Å². The molecule has 52 heavy (non-hydrogen) atoms. The Kier molecular flexibility index (Phi) is 16.5. The van der Waals surface area contributed by atoms with E-state index in [2.05, 4.69) is 26.6 Å². The fourth-order valence-corrected chi connectivity index (χ4v) is 5.34. The first-order chi connectivity index (χ1) is 24.3. The van der Waals surface area contributed by atoms with Gasteiger partial charge in [0.1, 0.15) is 42.3 Å².